The lowest BCUT2D eigenvalue weighted by Crippen LogP contribution is -1.94. The van der Waals surface area contributed by atoms with Crippen LogP contribution in [0.1, 0.15) is 0 Å². The molecule has 0 aliphatic carbocycles. The van der Waals surface area contributed by atoms with E-state index in [9.17, 15) is 0 Å². The molecule has 0 aliphatic heterocycles. The lowest BCUT2D eigenvalue weighted by Gasteiger charge is -2.14. The average molecular weight is 795 g/mol. The standard InChI is InChI=1S/C56H34N4O2/c1-3-22-52-50(20-1)59-55(61-52)46-17-9-13-42-39(11-7-15-44(42)46)35-24-26-37(27-25-35)41-32-33-49(48-19-5-6-34-57-48)58-54(41)38-30-28-36(29-31-38)40-12-8-16-45-43(40)14-10-18-47(45)56-60-51-21-2-4-23-53(51)62-56/h1-34H. The molecule has 0 radical (unpaired) electrons. The lowest BCUT2D eigenvalue weighted by atomic mass is 9.92. The zero-order valence-electron chi connectivity index (χ0n) is 33.2. The lowest BCUT2D eigenvalue weighted by molar-refractivity contribution is 0.620. The van der Waals surface area contributed by atoms with E-state index in [-0.39, 0.29) is 0 Å². The van der Waals surface area contributed by atoms with Gasteiger partial charge in [-0.1, -0.05) is 140 Å². The summed E-state index contributed by atoms with van der Waals surface area (Å²) in [6.45, 7) is 0. The van der Waals surface area contributed by atoms with Crippen molar-refractivity contribution in [3.05, 3.63) is 206 Å². The number of aromatic nitrogens is 4. The third-order valence-electron chi connectivity index (χ3n) is 11.7. The van der Waals surface area contributed by atoms with Crippen molar-refractivity contribution in [1.82, 2.24) is 19.9 Å². The quantitative estimate of drug-likeness (QED) is 0.160. The molecule has 62 heavy (non-hydrogen) atoms. The van der Waals surface area contributed by atoms with Gasteiger partial charge in [0.05, 0.1) is 17.1 Å². The summed E-state index contributed by atoms with van der Waals surface area (Å²) in [6.07, 6.45) is 1.81. The highest BCUT2D eigenvalue weighted by Crippen LogP contribution is 2.40. The molecule has 4 aromatic heterocycles. The molecule has 0 saturated carbocycles. The van der Waals surface area contributed by atoms with Crippen LogP contribution in [-0.2, 0) is 0 Å². The molecule has 6 nitrogen and oxygen atoms in total. The SMILES string of the molecule is c1ccc(-c2ccc(-c3ccc(-c4cccc5c(-c6nc7ccccc7o6)cccc45)cc3)c(-c3ccc(-c4cccc5c(-c6nc7ccccc7o6)cccc45)cc3)n2)nc1. The monoisotopic (exact) mass is 794 g/mol. The summed E-state index contributed by atoms with van der Waals surface area (Å²) >= 11 is 0. The van der Waals surface area contributed by atoms with Gasteiger partial charge in [0.15, 0.2) is 11.2 Å². The second kappa shape index (κ2) is 14.7. The van der Waals surface area contributed by atoms with Crippen molar-refractivity contribution < 1.29 is 8.83 Å². The summed E-state index contributed by atoms with van der Waals surface area (Å²) in [5.41, 5.74) is 15.3. The summed E-state index contributed by atoms with van der Waals surface area (Å²) in [6, 6.07) is 68.9. The zero-order valence-corrected chi connectivity index (χ0v) is 33.2. The van der Waals surface area contributed by atoms with Crippen molar-refractivity contribution in [1.29, 1.82) is 0 Å². The Morgan fingerprint density at radius 2 is 0.742 bits per heavy atom. The maximum atomic E-state index is 6.21. The van der Waals surface area contributed by atoms with Gasteiger partial charge in [-0.2, -0.15) is 0 Å². The molecule has 0 fully saturated rings. The van der Waals surface area contributed by atoms with Gasteiger partial charge in [0.1, 0.15) is 11.0 Å². The maximum Gasteiger partial charge on any atom is 0.227 e. The van der Waals surface area contributed by atoms with Gasteiger partial charge in [0, 0.05) is 28.5 Å². The molecular formula is C56H34N4O2. The number of para-hydroxylation sites is 4. The summed E-state index contributed by atoms with van der Waals surface area (Å²) in [7, 11) is 0. The van der Waals surface area contributed by atoms with Crippen molar-refractivity contribution in [2.75, 3.05) is 0 Å². The van der Waals surface area contributed by atoms with E-state index in [0.29, 0.717) is 11.8 Å². The van der Waals surface area contributed by atoms with Gasteiger partial charge in [-0.3, -0.25) is 4.98 Å². The van der Waals surface area contributed by atoms with E-state index in [1.54, 1.807) is 6.20 Å². The first-order valence-corrected chi connectivity index (χ1v) is 20.6. The molecule has 6 heteroatoms. The molecular weight excluding hydrogens is 761 g/mol. The highest BCUT2D eigenvalue weighted by Gasteiger charge is 2.17. The fourth-order valence-corrected chi connectivity index (χ4v) is 8.68. The minimum Gasteiger partial charge on any atom is -0.436 e. The van der Waals surface area contributed by atoms with Crippen LogP contribution in [-0.4, -0.2) is 19.9 Å². The van der Waals surface area contributed by atoms with Crippen LogP contribution in [0.3, 0.4) is 0 Å². The zero-order chi connectivity index (χ0) is 41.0. The van der Waals surface area contributed by atoms with Crippen LogP contribution < -0.4 is 0 Å². The van der Waals surface area contributed by atoms with Gasteiger partial charge in [-0.25, -0.2) is 15.0 Å². The molecule has 0 N–H and O–H groups in total. The number of oxazole rings is 2. The van der Waals surface area contributed by atoms with Gasteiger partial charge in [0.2, 0.25) is 11.8 Å². The van der Waals surface area contributed by atoms with Gasteiger partial charge in [0.25, 0.3) is 0 Å². The smallest absolute Gasteiger partial charge is 0.227 e. The summed E-state index contributed by atoms with van der Waals surface area (Å²) in [5, 5.41) is 4.44. The third kappa shape index (κ3) is 6.13. The molecule has 0 unspecified atom stereocenters. The Bertz CT molecular complexity index is 3560. The second-order valence-electron chi connectivity index (χ2n) is 15.3. The predicted molar refractivity (Wildman–Crippen MR) is 250 cm³/mol. The van der Waals surface area contributed by atoms with E-state index in [1.807, 2.05) is 66.7 Å². The molecule has 0 spiro atoms. The fourth-order valence-electron chi connectivity index (χ4n) is 8.68. The summed E-state index contributed by atoms with van der Waals surface area (Å²) < 4.78 is 12.4. The number of hydrogen-bond donors (Lipinski definition) is 0. The van der Waals surface area contributed by atoms with Crippen LogP contribution in [0, 0.1) is 0 Å². The maximum absolute atomic E-state index is 6.21. The molecule has 12 rings (SSSR count). The summed E-state index contributed by atoms with van der Waals surface area (Å²) in [4.78, 5) is 19.5. The minimum absolute atomic E-state index is 0.617. The molecule has 0 amide bonds. The Morgan fingerprint density at radius 3 is 1.24 bits per heavy atom. The number of pyridine rings is 2. The van der Waals surface area contributed by atoms with E-state index < -0.39 is 0 Å². The molecule has 12 aromatic rings. The van der Waals surface area contributed by atoms with Crippen LogP contribution >= 0.6 is 0 Å². The van der Waals surface area contributed by atoms with Crippen molar-refractivity contribution >= 4 is 43.7 Å². The van der Waals surface area contributed by atoms with Crippen LogP contribution in [0.15, 0.2) is 215 Å². The van der Waals surface area contributed by atoms with Crippen LogP contribution in [0.2, 0.25) is 0 Å². The van der Waals surface area contributed by atoms with Crippen molar-refractivity contribution in [3.63, 3.8) is 0 Å². The minimum atomic E-state index is 0.617. The predicted octanol–water partition coefficient (Wildman–Crippen LogP) is 14.7. The Balaban J connectivity index is 0.914. The third-order valence-corrected chi connectivity index (χ3v) is 11.7. The Hall–Kier alpha value is -8.48. The average Bonchev–Trinajstić information content (AvgIpc) is 3.99. The van der Waals surface area contributed by atoms with Gasteiger partial charge < -0.3 is 8.83 Å². The molecule has 0 saturated heterocycles. The Kier molecular flexibility index (Phi) is 8.38. The topological polar surface area (TPSA) is 77.8 Å². The highest BCUT2D eigenvalue weighted by molar-refractivity contribution is 6.05. The highest BCUT2D eigenvalue weighted by atomic mass is 16.4. The van der Waals surface area contributed by atoms with Crippen molar-refractivity contribution in [3.8, 4) is 78.9 Å². The molecule has 0 aliphatic rings. The molecule has 290 valence electrons. The number of nitrogens with zero attached hydrogens (tertiary/aromatic N) is 4. The number of rotatable bonds is 7. The normalized spacial score (nSPS) is 11.5. The van der Waals surface area contributed by atoms with Crippen molar-refractivity contribution in [2.45, 2.75) is 0 Å². The van der Waals surface area contributed by atoms with Crippen LogP contribution in [0.5, 0.6) is 0 Å². The second-order valence-corrected chi connectivity index (χ2v) is 15.3. The Morgan fingerprint density at radius 1 is 0.290 bits per heavy atom. The first-order chi connectivity index (χ1) is 30.7. The van der Waals surface area contributed by atoms with Crippen LogP contribution in [0.25, 0.3) is 123 Å². The van der Waals surface area contributed by atoms with Gasteiger partial charge in [-0.05, 0) is 110 Å². The molecule has 0 bridgehead atoms. The molecule has 4 heterocycles. The van der Waals surface area contributed by atoms with E-state index >= 15 is 0 Å². The van der Waals surface area contributed by atoms with Gasteiger partial charge in [-0.15, -0.1) is 0 Å². The van der Waals surface area contributed by atoms with Crippen LogP contribution in [0.4, 0.5) is 0 Å². The van der Waals surface area contributed by atoms with E-state index in [1.165, 1.54) is 0 Å². The Labute approximate surface area is 356 Å². The van der Waals surface area contributed by atoms with Gasteiger partial charge >= 0.3 is 0 Å². The largest absolute Gasteiger partial charge is 0.436 e. The number of hydrogen-bond acceptors (Lipinski definition) is 6. The fraction of sp³-hybridized carbons (Fsp3) is 0. The number of benzene rings is 8. The van der Waals surface area contributed by atoms with E-state index in [4.69, 9.17) is 23.8 Å². The van der Waals surface area contributed by atoms with Crippen molar-refractivity contribution in [2.24, 2.45) is 0 Å². The summed E-state index contributed by atoms with van der Waals surface area (Å²) in [5.74, 6) is 1.24. The first kappa shape index (κ1) is 35.5. The molecule has 8 aromatic carbocycles. The van der Waals surface area contributed by atoms with E-state index in [0.717, 1.165) is 111 Å². The van der Waals surface area contributed by atoms with E-state index in [2.05, 4.69) is 138 Å². The number of fused-ring (bicyclic) bond motifs is 4. The first-order valence-electron chi connectivity index (χ1n) is 20.6. The molecule has 0 atom stereocenters.